The number of hydrogen-bond acceptors (Lipinski definition) is 8. The smallest absolute Gasteiger partial charge is 0.342 e. The number of fused-ring (bicyclic) bond motifs is 1. The Balaban J connectivity index is 1.36. The van der Waals surface area contributed by atoms with Crippen LogP contribution in [0.15, 0.2) is 18.3 Å². The van der Waals surface area contributed by atoms with E-state index in [1.165, 1.54) is 31.3 Å². The average molecular weight is 618 g/mol. The van der Waals surface area contributed by atoms with E-state index < -0.39 is 30.1 Å². The molecule has 1 aromatic heterocycles. The first-order valence-electron chi connectivity index (χ1n) is 14.9. The van der Waals surface area contributed by atoms with Crippen molar-refractivity contribution in [3.8, 4) is 5.75 Å². The maximum Gasteiger partial charge on any atom is 0.342 e. The largest absolute Gasteiger partial charge is 0.495 e. The number of rotatable bonds is 8. The summed E-state index contributed by atoms with van der Waals surface area (Å²) in [7, 11) is 2.62. The van der Waals surface area contributed by atoms with Crippen molar-refractivity contribution in [2.75, 3.05) is 48.9 Å². The summed E-state index contributed by atoms with van der Waals surface area (Å²) < 4.78 is 50.5. The first-order valence-corrected chi connectivity index (χ1v) is 14.9. The molecule has 3 aliphatic rings. The summed E-state index contributed by atoms with van der Waals surface area (Å²) in [6, 6.07) is 1.81. The standard InChI is InChI=1S/C30H38F3N7O4/c1-17(2)11-25(41)39-10-9-18(15-39)35-27(42)20-12-24(44-4)22(13-21(20)31)36-29-34-14-23-26(37-29)40(19-7-5-6-8-19)16-30(32,33)28(43)38(23)3/h12-14,17-19H,5-11,15-16H2,1-4H3,(H,35,42)(H,34,36,37)/t18-/m1/s1. The lowest BCUT2D eigenvalue weighted by Crippen LogP contribution is -2.48. The van der Waals surface area contributed by atoms with E-state index in [0.717, 1.165) is 23.8 Å². The van der Waals surface area contributed by atoms with Gasteiger partial charge >= 0.3 is 5.92 Å². The van der Waals surface area contributed by atoms with Gasteiger partial charge in [-0.15, -0.1) is 0 Å². The molecule has 0 bridgehead atoms. The fraction of sp³-hybridized carbons (Fsp3) is 0.567. The zero-order valence-corrected chi connectivity index (χ0v) is 25.3. The number of carbonyl (C=O) groups excluding carboxylic acids is 3. The normalized spacial score (nSPS) is 20.1. The Bertz CT molecular complexity index is 1430. The van der Waals surface area contributed by atoms with E-state index in [0.29, 0.717) is 38.8 Å². The van der Waals surface area contributed by atoms with Gasteiger partial charge in [-0.2, -0.15) is 13.8 Å². The van der Waals surface area contributed by atoms with Crippen molar-refractivity contribution in [2.24, 2.45) is 5.92 Å². The SMILES string of the molecule is COc1cc(C(=O)N[C@@H]2CCN(C(=O)CC(C)C)C2)c(F)cc1Nc1ncc2c(n1)N(C1CCCC1)CC(F)(F)C(=O)N2C. The lowest BCUT2D eigenvalue weighted by molar-refractivity contribution is -0.140. The number of benzene rings is 1. The first kappa shape index (κ1) is 31.3. The minimum Gasteiger partial charge on any atom is -0.495 e. The Morgan fingerprint density at radius 3 is 2.59 bits per heavy atom. The van der Waals surface area contributed by atoms with Crippen molar-refractivity contribution in [2.45, 2.75) is 70.4 Å². The van der Waals surface area contributed by atoms with Gasteiger partial charge in [-0.05, 0) is 31.2 Å². The minimum atomic E-state index is -3.62. The summed E-state index contributed by atoms with van der Waals surface area (Å²) in [5.74, 6) is -5.90. The zero-order valence-electron chi connectivity index (χ0n) is 25.3. The minimum absolute atomic E-state index is 0.0233. The molecule has 3 heterocycles. The van der Waals surface area contributed by atoms with Gasteiger partial charge in [0.05, 0.1) is 31.1 Å². The van der Waals surface area contributed by atoms with E-state index in [1.54, 1.807) is 4.90 Å². The van der Waals surface area contributed by atoms with E-state index in [4.69, 9.17) is 4.74 Å². The molecule has 2 fully saturated rings. The second-order valence-corrected chi connectivity index (χ2v) is 12.1. The molecule has 14 heteroatoms. The molecule has 44 heavy (non-hydrogen) atoms. The highest BCUT2D eigenvalue weighted by Crippen LogP contribution is 2.40. The zero-order chi connectivity index (χ0) is 31.8. The van der Waals surface area contributed by atoms with Crippen molar-refractivity contribution >= 4 is 40.9 Å². The third kappa shape index (κ3) is 6.39. The molecule has 1 aromatic carbocycles. The van der Waals surface area contributed by atoms with Crippen LogP contribution >= 0.6 is 0 Å². The van der Waals surface area contributed by atoms with Gasteiger partial charge in [0.25, 0.3) is 11.8 Å². The van der Waals surface area contributed by atoms with E-state index >= 15 is 4.39 Å². The van der Waals surface area contributed by atoms with Gasteiger partial charge in [-0.3, -0.25) is 14.4 Å². The highest BCUT2D eigenvalue weighted by atomic mass is 19.3. The molecule has 238 valence electrons. The fourth-order valence-corrected chi connectivity index (χ4v) is 6.06. The molecule has 0 spiro atoms. The third-order valence-electron chi connectivity index (χ3n) is 8.37. The van der Waals surface area contributed by atoms with Crippen LogP contribution in [0.25, 0.3) is 0 Å². The number of aromatic nitrogens is 2. The number of halogens is 3. The van der Waals surface area contributed by atoms with Gasteiger partial charge in [0.1, 0.15) is 17.3 Å². The molecule has 2 N–H and O–H groups in total. The molecule has 3 amide bonds. The summed E-state index contributed by atoms with van der Waals surface area (Å²) in [5, 5.41) is 5.69. The van der Waals surface area contributed by atoms with Crippen molar-refractivity contribution in [1.82, 2.24) is 20.2 Å². The number of hydrogen-bond donors (Lipinski definition) is 2. The van der Waals surface area contributed by atoms with Crippen LogP contribution in [0.5, 0.6) is 5.75 Å². The lowest BCUT2D eigenvalue weighted by atomic mass is 10.1. The molecule has 1 atom stereocenters. The molecular formula is C30H38F3N7O4. The van der Waals surface area contributed by atoms with Crippen molar-refractivity contribution in [3.05, 3.63) is 29.7 Å². The van der Waals surface area contributed by atoms with Crippen LogP contribution in [0, 0.1) is 11.7 Å². The molecule has 0 radical (unpaired) electrons. The van der Waals surface area contributed by atoms with Crippen LogP contribution in [0.4, 0.5) is 36.3 Å². The lowest BCUT2D eigenvalue weighted by Gasteiger charge is -2.31. The van der Waals surface area contributed by atoms with E-state index in [1.807, 2.05) is 13.8 Å². The molecule has 1 saturated carbocycles. The summed E-state index contributed by atoms with van der Waals surface area (Å²) in [4.78, 5) is 50.7. The number of nitrogens with one attached hydrogen (secondary N) is 2. The van der Waals surface area contributed by atoms with Gasteiger partial charge in [0, 0.05) is 44.7 Å². The van der Waals surface area contributed by atoms with Crippen LogP contribution in [-0.4, -0.2) is 84.4 Å². The van der Waals surface area contributed by atoms with Crippen molar-refractivity contribution in [1.29, 1.82) is 0 Å². The topological polar surface area (TPSA) is 120 Å². The number of ether oxygens (including phenoxy) is 1. The second-order valence-electron chi connectivity index (χ2n) is 12.1. The molecule has 2 aliphatic heterocycles. The van der Waals surface area contributed by atoms with Crippen molar-refractivity contribution in [3.63, 3.8) is 0 Å². The van der Waals surface area contributed by atoms with Gasteiger partial charge in [0.2, 0.25) is 11.9 Å². The molecule has 2 aromatic rings. The second kappa shape index (κ2) is 12.5. The molecular weight excluding hydrogens is 579 g/mol. The highest BCUT2D eigenvalue weighted by molar-refractivity contribution is 6.02. The van der Waals surface area contributed by atoms with Gasteiger partial charge in [-0.25, -0.2) is 9.37 Å². The molecule has 1 saturated heterocycles. The fourth-order valence-electron chi connectivity index (χ4n) is 6.06. The van der Waals surface area contributed by atoms with Crippen LogP contribution in [0.2, 0.25) is 0 Å². The third-order valence-corrected chi connectivity index (χ3v) is 8.37. The summed E-state index contributed by atoms with van der Waals surface area (Å²) in [6.45, 7) is 4.00. The maximum absolute atomic E-state index is 15.3. The quantitative estimate of drug-likeness (QED) is 0.455. The van der Waals surface area contributed by atoms with Crippen molar-refractivity contribution < 1.29 is 32.3 Å². The summed E-state index contributed by atoms with van der Waals surface area (Å²) in [5.41, 5.74) is 0.0202. The number of amides is 3. The van der Waals surface area contributed by atoms with E-state index in [-0.39, 0.29) is 58.4 Å². The predicted octanol–water partition coefficient (Wildman–Crippen LogP) is 4.11. The van der Waals surface area contributed by atoms with Crippen LogP contribution in [0.3, 0.4) is 0 Å². The van der Waals surface area contributed by atoms with Crippen LogP contribution < -0.4 is 25.2 Å². The number of nitrogens with zero attached hydrogens (tertiary/aromatic N) is 5. The molecule has 11 nitrogen and oxygen atoms in total. The van der Waals surface area contributed by atoms with E-state index in [9.17, 15) is 23.2 Å². The summed E-state index contributed by atoms with van der Waals surface area (Å²) in [6.07, 6.45) is 5.42. The monoisotopic (exact) mass is 617 g/mol. The highest BCUT2D eigenvalue weighted by Gasteiger charge is 2.48. The first-order chi connectivity index (χ1) is 20.9. The average Bonchev–Trinajstić information content (AvgIpc) is 3.66. The van der Waals surface area contributed by atoms with Gasteiger partial charge < -0.3 is 30.1 Å². The number of methoxy groups -OCH3 is 1. The Kier molecular flexibility index (Phi) is 8.89. The Morgan fingerprint density at radius 2 is 1.91 bits per heavy atom. The number of likely N-dealkylation sites (tertiary alicyclic amines) is 1. The Hall–Kier alpha value is -4.10. The maximum atomic E-state index is 15.3. The molecule has 5 rings (SSSR count). The molecule has 0 unspecified atom stereocenters. The number of alkyl halides is 2. The predicted molar refractivity (Wildman–Crippen MR) is 158 cm³/mol. The van der Waals surface area contributed by atoms with Gasteiger partial charge in [-0.1, -0.05) is 26.7 Å². The van der Waals surface area contributed by atoms with E-state index in [2.05, 4.69) is 20.6 Å². The summed E-state index contributed by atoms with van der Waals surface area (Å²) >= 11 is 0. The van der Waals surface area contributed by atoms with Crippen LogP contribution in [-0.2, 0) is 9.59 Å². The Morgan fingerprint density at radius 1 is 1.18 bits per heavy atom. The van der Waals surface area contributed by atoms with Gasteiger partial charge in [0.15, 0.2) is 5.82 Å². The number of anilines is 4. The number of carbonyl (C=O) groups is 3. The van der Waals surface area contributed by atoms with Crippen LogP contribution in [0.1, 0.15) is 62.7 Å². The Labute approximate surface area is 254 Å². The molecule has 1 aliphatic carbocycles.